The Hall–Kier alpha value is -2.61. The van der Waals surface area contributed by atoms with Crippen molar-refractivity contribution in [2.45, 2.75) is 37.5 Å². The summed E-state index contributed by atoms with van der Waals surface area (Å²) in [5, 5.41) is 8.34. The van der Waals surface area contributed by atoms with Gasteiger partial charge in [-0.25, -0.2) is 9.67 Å². The van der Waals surface area contributed by atoms with Crippen molar-refractivity contribution in [3.63, 3.8) is 0 Å². The molecule has 0 spiro atoms. The number of aromatic nitrogens is 4. The van der Waals surface area contributed by atoms with E-state index in [2.05, 4.69) is 15.4 Å². The van der Waals surface area contributed by atoms with Gasteiger partial charge in [0.05, 0.1) is 17.9 Å². The molecular weight excluding hydrogens is 350 g/mol. The number of rotatable bonds is 4. The molecule has 1 atom stereocenters. The van der Waals surface area contributed by atoms with E-state index >= 15 is 0 Å². The molecule has 134 valence electrons. The standard InChI is InChI=1S/C18H19N5O2S/c1-11(2)20-15(24)8-13-10-26-18-21-16-14(17(25)22(13)18)9-19-23(16)12-6-4-3-5-7-12/h3-7,9,11,13H,8,10H2,1-2H3,(H,20,24)/t13-/m0/s1. The number of carbonyl (C=O) groups excluding carboxylic acids is 1. The number of carbonyl (C=O) groups is 1. The topological polar surface area (TPSA) is 81.8 Å². The van der Waals surface area contributed by atoms with Crippen LogP contribution in [0.3, 0.4) is 0 Å². The second kappa shape index (κ2) is 6.60. The van der Waals surface area contributed by atoms with E-state index in [9.17, 15) is 9.59 Å². The Morgan fingerprint density at radius 3 is 2.85 bits per heavy atom. The summed E-state index contributed by atoms with van der Waals surface area (Å²) in [7, 11) is 0. The Morgan fingerprint density at radius 1 is 1.35 bits per heavy atom. The second-order valence-electron chi connectivity index (χ2n) is 6.59. The van der Waals surface area contributed by atoms with Crippen molar-refractivity contribution < 1.29 is 4.79 Å². The van der Waals surface area contributed by atoms with E-state index in [1.54, 1.807) is 15.4 Å². The Bertz CT molecular complexity index is 1030. The molecule has 0 saturated heterocycles. The zero-order chi connectivity index (χ0) is 18.3. The third-order valence-electron chi connectivity index (χ3n) is 4.24. The van der Waals surface area contributed by atoms with Crippen LogP contribution in [0.5, 0.6) is 0 Å². The van der Waals surface area contributed by atoms with Gasteiger partial charge in [-0.05, 0) is 26.0 Å². The predicted octanol–water partition coefficient (Wildman–Crippen LogP) is 2.14. The molecule has 26 heavy (non-hydrogen) atoms. The van der Waals surface area contributed by atoms with Gasteiger partial charge in [-0.15, -0.1) is 0 Å². The van der Waals surface area contributed by atoms with Gasteiger partial charge >= 0.3 is 0 Å². The number of benzene rings is 1. The van der Waals surface area contributed by atoms with Gasteiger partial charge in [-0.2, -0.15) is 5.10 Å². The molecule has 0 radical (unpaired) electrons. The number of amides is 1. The van der Waals surface area contributed by atoms with Crippen LogP contribution in [0.1, 0.15) is 26.3 Å². The Balaban J connectivity index is 1.74. The maximum Gasteiger partial charge on any atom is 0.265 e. The summed E-state index contributed by atoms with van der Waals surface area (Å²) in [6.45, 7) is 3.84. The van der Waals surface area contributed by atoms with Crippen molar-refractivity contribution in [3.8, 4) is 5.69 Å². The van der Waals surface area contributed by atoms with Crippen LogP contribution in [0.25, 0.3) is 16.7 Å². The molecule has 1 aliphatic heterocycles. The summed E-state index contributed by atoms with van der Waals surface area (Å²) in [5.41, 5.74) is 1.27. The summed E-state index contributed by atoms with van der Waals surface area (Å²) in [6, 6.07) is 9.51. The van der Waals surface area contributed by atoms with E-state index in [1.165, 1.54) is 11.8 Å². The minimum Gasteiger partial charge on any atom is -0.354 e. The molecule has 1 N–H and O–H groups in total. The normalized spacial score (nSPS) is 16.2. The Morgan fingerprint density at radius 2 is 2.12 bits per heavy atom. The van der Waals surface area contributed by atoms with Gasteiger partial charge in [0.25, 0.3) is 5.56 Å². The Kier molecular flexibility index (Phi) is 4.28. The van der Waals surface area contributed by atoms with E-state index < -0.39 is 0 Å². The van der Waals surface area contributed by atoms with Crippen molar-refractivity contribution in [2.24, 2.45) is 0 Å². The lowest BCUT2D eigenvalue weighted by Crippen LogP contribution is -2.34. The highest BCUT2D eigenvalue weighted by molar-refractivity contribution is 7.99. The molecule has 2 aromatic heterocycles. The summed E-state index contributed by atoms with van der Waals surface area (Å²) in [5.74, 6) is 0.615. The molecule has 3 heterocycles. The van der Waals surface area contributed by atoms with Gasteiger partial charge in [0.1, 0.15) is 5.39 Å². The van der Waals surface area contributed by atoms with Crippen molar-refractivity contribution in [1.29, 1.82) is 0 Å². The number of hydrogen-bond acceptors (Lipinski definition) is 5. The fraction of sp³-hybridized carbons (Fsp3) is 0.333. The molecule has 8 heteroatoms. The third kappa shape index (κ3) is 2.90. The van der Waals surface area contributed by atoms with Crippen molar-refractivity contribution in [3.05, 3.63) is 46.9 Å². The lowest BCUT2D eigenvalue weighted by molar-refractivity contribution is -0.122. The van der Waals surface area contributed by atoms with Gasteiger partial charge in [-0.1, -0.05) is 30.0 Å². The van der Waals surface area contributed by atoms with E-state index in [1.807, 2.05) is 44.2 Å². The van der Waals surface area contributed by atoms with Crippen LogP contribution in [0, 0.1) is 0 Å². The lowest BCUT2D eigenvalue weighted by Gasteiger charge is -2.14. The van der Waals surface area contributed by atoms with Crippen LogP contribution < -0.4 is 10.9 Å². The fourth-order valence-corrected chi connectivity index (χ4v) is 4.26. The number of fused-ring (bicyclic) bond motifs is 2. The van der Waals surface area contributed by atoms with E-state index in [4.69, 9.17) is 0 Å². The van der Waals surface area contributed by atoms with Crippen molar-refractivity contribution >= 4 is 28.7 Å². The molecule has 0 unspecified atom stereocenters. The predicted molar refractivity (Wildman–Crippen MR) is 101 cm³/mol. The molecule has 1 aliphatic rings. The molecule has 0 fully saturated rings. The number of nitrogens with zero attached hydrogens (tertiary/aromatic N) is 4. The Labute approximate surface area is 154 Å². The van der Waals surface area contributed by atoms with Crippen LogP contribution in [-0.4, -0.2) is 37.0 Å². The maximum absolute atomic E-state index is 13.0. The first-order chi connectivity index (χ1) is 12.5. The smallest absolute Gasteiger partial charge is 0.265 e. The number of hydrogen-bond donors (Lipinski definition) is 1. The average Bonchev–Trinajstić information content (AvgIpc) is 3.20. The van der Waals surface area contributed by atoms with Gasteiger partial charge in [0.15, 0.2) is 10.8 Å². The average molecular weight is 369 g/mol. The fourth-order valence-electron chi connectivity index (χ4n) is 3.13. The highest BCUT2D eigenvalue weighted by Gasteiger charge is 2.29. The van der Waals surface area contributed by atoms with Crippen LogP contribution >= 0.6 is 11.8 Å². The summed E-state index contributed by atoms with van der Waals surface area (Å²) >= 11 is 1.50. The molecule has 4 rings (SSSR count). The first-order valence-electron chi connectivity index (χ1n) is 8.52. The highest BCUT2D eigenvalue weighted by Crippen LogP contribution is 2.33. The van der Waals surface area contributed by atoms with Crippen molar-refractivity contribution in [1.82, 2.24) is 24.6 Å². The monoisotopic (exact) mass is 369 g/mol. The number of thioether (sulfide) groups is 1. The quantitative estimate of drug-likeness (QED) is 0.713. The van der Waals surface area contributed by atoms with Gasteiger partial charge in [0, 0.05) is 18.2 Å². The first kappa shape index (κ1) is 16.8. The third-order valence-corrected chi connectivity index (χ3v) is 5.34. The molecule has 0 bridgehead atoms. The molecule has 0 aliphatic carbocycles. The molecule has 1 amide bonds. The van der Waals surface area contributed by atoms with Gasteiger partial charge < -0.3 is 5.32 Å². The zero-order valence-electron chi connectivity index (χ0n) is 14.5. The van der Waals surface area contributed by atoms with E-state index in [0.717, 1.165) is 5.69 Å². The van der Waals surface area contributed by atoms with Gasteiger partial charge in [-0.3, -0.25) is 14.2 Å². The van der Waals surface area contributed by atoms with Crippen LogP contribution in [0.15, 0.2) is 46.5 Å². The van der Waals surface area contributed by atoms with E-state index in [-0.39, 0.29) is 30.0 Å². The van der Waals surface area contributed by atoms with Gasteiger partial charge in [0.2, 0.25) is 5.91 Å². The SMILES string of the molecule is CC(C)NC(=O)C[C@H]1CSc2nc3c(cnn3-c3ccccc3)c(=O)n21. The summed E-state index contributed by atoms with van der Waals surface area (Å²) in [4.78, 5) is 29.8. The molecule has 7 nitrogen and oxygen atoms in total. The second-order valence-corrected chi connectivity index (χ2v) is 7.58. The molecule has 0 saturated carbocycles. The summed E-state index contributed by atoms with van der Waals surface area (Å²) < 4.78 is 3.32. The molecular formula is C18H19N5O2S. The minimum atomic E-state index is -0.182. The number of para-hydroxylation sites is 1. The van der Waals surface area contributed by atoms with E-state index in [0.29, 0.717) is 21.9 Å². The molecule has 3 aromatic rings. The van der Waals surface area contributed by atoms with Crippen molar-refractivity contribution in [2.75, 3.05) is 5.75 Å². The highest BCUT2D eigenvalue weighted by atomic mass is 32.2. The minimum absolute atomic E-state index is 0.0505. The first-order valence-corrected chi connectivity index (χ1v) is 9.51. The largest absolute Gasteiger partial charge is 0.354 e. The van der Waals surface area contributed by atoms with Crippen LogP contribution in [0.2, 0.25) is 0 Å². The van der Waals surface area contributed by atoms with Crippen LogP contribution in [-0.2, 0) is 4.79 Å². The van der Waals surface area contributed by atoms with Crippen LogP contribution in [0.4, 0.5) is 0 Å². The maximum atomic E-state index is 13.0. The summed E-state index contributed by atoms with van der Waals surface area (Å²) in [6.07, 6.45) is 1.83. The molecule has 1 aromatic carbocycles. The lowest BCUT2D eigenvalue weighted by atomic mass is 10.2. The number of nitrogens with one attached hydrogen (secondary N) is 1. The zero-order valence-corrected chi connectivity index (χ0v) is 15.4.